The van der Waals surface area contributed by atoms with Gasteiger partial charge in [-0.3, -0.25) is 10.1 Å². The van der Waals surface area contributed by atoms with Gasteiger partial charge in [-0.05, 0) is 43.9 Å². The van der Waals surface area contributed by atoms with E-state index in [1.54, 1.807) is 23.5 Å². The van der Waals surface area contributed by atoms with Crippen molar-refractivity contribution in [3.8, 4) is 11.3 Å². The molecule has 6 rings (SSSR count). The Balaban J connectivity index is 1.40. The molecule has 0 bridgehead atoms. The molecule has 0 fully saturated rings. The van der Waals surface area contributed by atoms with Crippen LogP contribution in [0.1, 0.15) is 35.7 Å². The Hall–Kier alpha value is -3.19. The number of benzene rings is 2. The predicted molar refractivity (Wildman–Crippen MR) is 124 cm³/mol. The largest absolute Gasteiger partial charge is 0.341 e. The van der Waals surface area contributed by atoms with Crippen LogP contribution in [0.5, 0.6) is 0 Å². The van der Waals surface area contributed by atoms with Gasteiger partial charge in [-0.25, -0.2) is 4.98 Å². The van der Waals surface area contributed by atoms with Crippen LogP contribution in [0.15, 0.2) is 47.8 Å². The topological polar surface area (TPSA) is 64.2 Å². The summed E-state index contributed by atoms with van der Waals surface area (Å²) in [6.45, 7) is 4.05. The number of fused-ring (bicyclic) bond motifs is 3. The van der Waals surface area contributed by atoms with Gasteiger partial charge in [-0.1, -0.05) is 23.8 Å². The van der Waals surface area contributed by atoms with Gasteiger partial charge in [-0.2, -0.15) is 0 Å². The molecule has 0 saturated carbocycles. The minimum atomic E-state index is -0.356. The lowest BCUT2D eigenvalue weighted by atomic mass is 9.90. The molecule has 2 aliphatic rings. The molecule has 31 heavy (non-hydrogen) atoms. The molecule has 7 heteroatoms. The summed E-state index contributed by atoms with van der Waals surface area (Å²) in [6, 6.07) is 13.9. The van der Waals surface area contributed by atoms with Crippen molar-refractivity contribution < 1.29 is 4.92 Å². The van der Waals surface area contributed by atoms with Crippen LogP contribution in [0.4, 0.5) is 10.8 Å². The lowest BCUT2D eigenvalue weighted by Gasteiger charge is -2.39. The minimum absolute atomic E-state index is 0.0988. The van der Waals surface area contributed by atoms with E-state index in [1.807, 2.05) is 11.4 Å². The summed E-state index contributed by atoms with van der Waals surface area (Å²) in [4.78, 5) is 18.2. The first-order chi connectivity index (χ1) is 15.1. The van der Waals surface area contributed by atoms with Crippen LogP contribution < -0.4 is 4.90 Å². The molecule has 0 unspecified atom stereocenters. The highest BCUT2D eigenvalue weighted by Crippen LogP contribution is 2.45. The van der Waals surface area contributed by atoms with Crippen LogP contribution in [-0.2, 0) is 13.0 Å². The molecule has 0 N–H and O–H groups in total. The van der Waals surface area contributed by atoms with Gasteiger partial charge in [0.05, 0.1) is 16.7 Å². The number of rotatable bonds is 3. The number of nitrogens with zero attached hydrogens (tertiary/aromatic N) is 4. The number of aromatic nitrogens is 2. The van der Waals surface area contributed by atoms with Crippen molar-refractivity contribution in [2.75, 3.05) is 11.4 Å². The third-order valence-electron chi connectivity index (χ3n) is 6.62. The standard InChI is InChI=1S/C24H22N4O2S/c1-15-8-9-21-19(12-15)18-6-3-7-22-23(18)26(21)10-11-27(22)24-25-20(14-31-24)16-4-2-5-17(13-16)28(29)30/h2,4-5,8-9,12-14,22H,3,6-7,10-11H2,1H3/t22-/m1/s1. The summed E-state index contributed by atoms with van der Waals surface area (Å²) in [5, 5.41) is 15.6. The average molecular weight is 431 g/mol. The molecule has 1 atom stereocenters. The summed E-state index contributed by atoms with van der Waals surface area (Å²) < 4.78 is 2.53. The summed E-state index contributed by atoms with van der Waals surface area (Å²) in [5.74, 6) is 0. The number of nitro benzene ring substituents is 1. The van der Waals surface area contributed by atoms with Gasteiger partial charge in [0.25, 0.3) is 5.69 Å². The lowest BCUT2D eigenvalue weighted by molar-refractivity contribution is -0.384. The van der Waals surface area contributed by atoms with E-state index in [0.717, 1.165) is 42.3 Å². The highest BCUT2D eigenvalue weighted by atomic mass is 32.1. The van der Waals surface area contributed by atoms with E-state index in [2.05, 4.69) is 34.6 Å². The summed E-state index contributed by atoms with van der Waals surface area (Å²) >= 11 is 1.63. The average Bonchev–Trinajstić information content (AvgIpc) is 3.39. The van der Waals surface area contributed by atoms with E-state index in [-0.39, 0.29) is 10.6 Å². The molecule has 2 aromatic carbocycles. The zero-order chi connectivity index (χ0) is 21.1. The second-order valence-electron chi connectivity index (χ2n) is 8.46. The van der Waals surface area contributed by atoms with Gasteiger partial charge >= 0.3 is 0 Å². The normalized spacial score (nSPS) is 17.7. The van der Waals surface area contributed by atoms with E-state index in [9.17, 15) is 10.1 Å². The van der Waals surface area contributed by atoms with Crippen LogP contribution >= 0.6 is 11.3 Å². The number of hydrogen-bond acceptors (Lipinski definition) is 5. The third-order valence-corrected chi connectivity index (χ3v) is 7.50. The van der Waals surface area contributed by atoms with Gasteiger partial charge in [0.1, 0.15) is 0 Å². The molecule has 0 amide bonds. The fourth-order valence-corrected chi connectivity index (χ4v) is 6.17. The second-order valence-corrected chi connectivity index (χ2v) is 9.30. The number of anilines is 1. The van der Waals surface area contributed by atoms with E-state index < -0.39 is 0 Å². The monoisotopic (exact) mass is 430 g/mol. The Morgan fingerprint density at radius 3 is 2.97 bits per heavy atom. The Morgan fingerprint density at radius 1 is 1.19 bits per heavy atom. The van der Waals surface area contributed by atoms with Crippen molar-refractivity contribution in [1.82, 2.24) is 9.55 Å². The highest BCUT2D eigenvalue weighted by molar-refractivity contribution is 7.14. The van der Waals surface area contributed by atoms with E-state index in [4.69, 9.17) is 4.98 Å². The van der Waals surface area contributed by atoms with Crippen LogP contribution in [0, 0.1) is 17.0 Å². The number of non-ortho nitro benzene ring substituents is 1. The Kier molecular flexibility index (Phi) is 4.14. The fourth-order valence-electron chi connectivity index (χ4n) is 5.25. The van der Waals surface area contributed by atoms with Gasteiger partial charge in [0, 0.05) is 52.8 Å². The Labute approximate surface area is 183 Å². The first-order valence-corrected chi connectivity index (χ1v) is 11.6. The summed E-state index contributed by atoms with van der Waals surface area (Å²) in [5.41, 5.74) is 7.34. The second kappa shape index (κ2) is 6.92. The first kappa shape index (κ1) is 18.6. The summed E-state index contributed by atoms with van der Waals surface area (Å²) in [7, 11) is 0. The maximum atomic E-state index is 11.1. The van der Waals surface area contributed by atoms with Gasteiger partial charge in [0.15, 0.2) is 5.13 Å². The quantitative estimate of drug-likeness (QED) is 0.301. The molecule has 3 heterocycles. The fraction of sp³-hybridized carbons (Fsp3) is 0.292. The third kappa shape index (κ3) is 2.87. The zero-order valence-electron chi connectivity index (χ0n) is 17.2. The van der Waals surface area contributed by atoms with Crippen LogP contribution in [-0.4, -0.2) is 21.0 Å². The lowest BCUT2D eigenvalue weighted by Crippen LogP contribution is -2.39. The number of hydrogen-bond donors (Lipinski definition) is 0. The maximum absolute atomic E-state index is 11.1. The Bertz CT molecular complexity index is 1340. The molecule has 156 valence electrons. The van der Waals surface area contributed by atoms with Gasteiger partial charge in [0.2, 0.25) is 0 Å². The molecule has 6 nitrogen and oxygen atoms in total. The molecule has 2 aromatic heterocycles. The SMILES string of the molecule is Cc1ccc2c(c1)c1c3n2CCN(c2nc(-c4cccc([N+](=O)[O-])c4)cs2)[C@@H]3CCC1. The Morgan fingerprint density at radius 2 is 2.10 bits per heavy atom. The smallest absolute Gasteiger partial charge is 0.270 e. The van der Waals surface area contributed by atoms with Crippen LogP contribution in [0.3, 0.4) is 0 Å². The van der Waals surface area contributed by atoms with Gasteiger partial charge < -0.3 is 9.47 Å². The molecule has 0 radical (unpaired) electrons. The number of nitro groups is 1. The van der Waals surface area contributed by atoms with E-state index in [0.29, 0.717) is 6.04 Å². The predicted octanol–water partition coefficient (Wildman–Crippen LogP) is 5.88. The van der Waals surface area contributed by atoms with E-state index in [1.165, 1.54) is 40.2 Å². The van der Waals surface area contributed by atoms with Crippen molar-refractivity contribution in [2.45, 2.75) is 38.8 Å². The molecule has 1 aliphatic heterocycles. The molecule has 1 aliphatic carbocycles. The summed E-state index contributed by atoms with van der Waals surface area (Å²) in [6.07, 6.45) is 3.46. The van der Waals surface area contributed by atoms with Gasteiger partial charge in [-0.15, -0.1) is 11.3 Å². The van der Waals surface area contributed by atoms with Crippen molar-refractivity contribution in [3.05, 3.63) is 74.8 Å². The van der Waals surface area contributed by atoms with E-state index >= 15 is 0 Å². The van der Waals surface area contributed by atoms with Crippen molar-refractivity contribution >= 4 is 33.1 Å². The molecule has 0 spiro atoms. The number of thiazole rings is 1. The minimum Gasteiger partial charge on any atom is -0.341 e. The van der Waals surface area contributed by atoms with Crippen molar-refractivity contribution in [2.24, 2.45) is 0 Å². The molecule has 4 aromatic rings. The number of aryl methyl sites for hydroxylation is 2. The van der Waals surface area contributed by atoms with Crippen molar-refractivity contribution in [3.63, 3.8) is 0 Å². The van der Waals surface area contributed by atoms with Crippen LogP contribution in [0.25, 0.3) is 22.2 Å². The highest BCUT2D eigenvalue weighted by Gasteiger charge is 2.36. The molecular formula is C24H22N4O2S. The van der Waals surface area contributed by atoms with Crippen molar-refractivity contribution in [1.29, 1.82) is 0 Å². The molecular weight excluding hydrogens is 408 g/mol. The zero-order valence-corrected chi connectivity index (χ0v) is 18.1. The first-order valence-electron chi connectivity index (χ1n) is 10.7. The maximum Gasteiger partial charge on any atom is 0.270 e. The van der Waals surface area contributed by atoms with Crippen LogP contribution in [0.2, 0.25) is 0 Å². The molecule has 0 saturated heterocycles.